The van der Waals surface area contributed by atoms with E-state index in [0.29, 0.717) is 29.4 Å². The number of rotatable bonds is 5. The third-order valence-corrected chi connectivity index (χ3v) is 2.95. The second-order valence-electron chi connectivity index (χ2n) is 4.35. The van der Waals surface area contributed by atoms with Crippen LogP contribution in [0.15, 0.2) is 36.5 Å². The van der Waals surface area contributed by atoms with Gasteiger partial charge in [-0.15, -0.1) is 0 Å². The van der Waals surface area contributed by atoms with Gasteiger partial charge in [-0.25, -0.2) is 4.98 Å². The van der Waals surface area contributed by atoms with Crippen LogP contribution < -0.4 is 20.5 Å². The van der Waals surface area contributed by atoms with Gasteiger partial charge in [-0.05, 0) is 29.8 Å². The average molecular weight is 287 g/mol. The predicted octanol–water partition coefficient (Wildman–Crippen LogP) is 1.61. The first-order valence-corrected chi connectivity index (χ1v) is 6.34. The first kappa shape index (κ1) is 14.6. The second-order valence-corrected chi connectivity index (χ2v) is 4.35. The van der Waals surface area contributed by atoms with E-state index in [1.807, 2.05) is 6.07 Å². The zero-order chi connectivity index (χ0) is 15.2. The maximum absolute atomic E-state index is 12.1. The van der Waals surface area contributed by atoms with Gasteiger partial charge < -0.3 is 20.5 Å². The van der Waals surface area contributed by atoms with Crippen molar-refractivity contribution in [1.29, 1.82) is 0 Å². The Kier molecular flexibility index (Phi) is 4.61. The SMILES string of the molecule is COc1cc(CNC(=O)c2ccc(OC)c(N)c2)ccn1. The van der Waals surface area contributed by atoms with E-state index in [0.717, 1.165) is 5.56 Å². The Bertz CT molecular complexity index is 644. The van der Waals surface area contributed by atoms with Crippen LogP contribution in [-0.2, 0) is 6.54 Å². The third kappa shape index (κ3) is 3.62. The molecule has 0 spiro atoms. The van der Waals surface area contributed by atoms with E-state index < -0.39 is 0 Å². The van der Waals surface area contributed by atoms with Gasteiger partial charge in [0, 0.05) is 24.4 Å². The largest absolute Gasteiger partial charge is 0.495 e. The summed E-state index contributed by atoms with van der Waals surface area (Å²) in [5, 5.41) is 2.81. The fraction of sp³-hybridized carbons (Fsp3) is 0.200. The highest BCUT2D eigenvalue weighted by molar-refractivity contribution is 5.95. The van der Waals surface area contributed by atoms with Crippen molar-refractivity contribution in [2.45, 2.75) is 6.54 Å². The van der Waals surface area contributed by atoms with E-state index >= 15 is 0 Å². The minimum Gasteiger partial charge on any atom is -0.495 e. The molecule has 1 aromatic heterocycles. The molecule has 0 saturated carbocycles. The Hall–Kier alpha value is -2.76. The van der Waals surface area contributed by atoms with Gasteiger partial charge in [-0.3, -0.25) is 4.79 Å². The molecule has 6 heteroatoms. The number of hydrogen-bond acceptors (Lipinski definition) is 5. The molecule has 3 N–H and O–H groups in total. The number of nitrogens with two attached hydrogens (primary N) is 1. The Morgan fingerprint density at radius 3 is 2.71 bits per heavy atom. The maximum Gasteiger partial charge on any atom is 0.251 e. The topological polar surface area (TPSA) is 86.5 Å². The van der Waals surface area contributed by atoms with E-state index in [1.54, 1.807) is 37.6 Å². The van der Waals surface area contributed by atoms with Gasteiger partial charge in [0.05, 0.1) is 19.9 Å². The monoisotopic (exact) mass is 287 g/mol. The fourth-order valence-corrected chi connectivity index (χ4v) is 1.83. The van der Waals surface area contributed by atoms with Gasteiger partial charge in [0.1, 0.15) is 5.75 Å². The number of anilines is 1. The standard InChI is InChI=1S/C15H17N3O3/c1-20-13-4-3-11(8-12(13)16)15(19)18-9-10-5-6-17-14(7-10)21-2/h3-8H,9,16H2,1-2H3,(H,18,19). The molecule has 0 fully saturated rings. The number of nitrogens with zero attached hydrogens (tertiary/aromatic N) is 1. The molecule has 0 aliphatic heterocycles. The number of pyridine rings is 1. The van der Waals surface area contributed by atoms with Crippen LogP contribution in [0.1, 0.15) is 15.9 Å². The molecule has 1 heterocycles. The van der Waals surface area contributed by atoms with Crippen molar-refractivity contribution >= 4 is 11.6 Å². The van der Waals surface area contributed by atoms with Crippen LogP contribution in [0.4, 0.5) is 5.69 Å². The number of methoxy groups -OCH3 is 2. The molecule has 0 saturated heterocycles. The molecular weight excluding hydrogens is 270 g/mol. The lowest BCUT2D eigenvalue weighted by atomic mass is 10.1. The molecule has 0 radical (unpaired) electrons. The highest BCUT2D eigenvalue weighted by Gasteiger charge is 2.08. The second kappa shape index (κ2) is 6.60. The molecule has 0 aliphatic carbocycles. The summed E-state index contributed by atoms with van der Waals surface area (Å²) in [4.78, 5) is 16.1. The lowest BCUT2D eigenvalue weighted by Gasteiger charge is -2.09. The van der Waals surface area contributed by atoms with Crippen LogP contribution in [0.25, 0.3) is 0 Å². The first-order chi connectivity index (χ1) is 10.1. The molecule has 6 nitrogen and oxygen atoms in total. The van der Waals surface area contributed by atoms with E-state index in [4.69, 9.17) is 15.2 Å². The van der Waals surface area contributed by atoms with Gasteiger partial charge >= 0.3 is 0 Å². The van der Waals surface area contributed by atoms with Crippen LogP contribution in [-0.4, -0.2) is 25.1 Å². The van der Waals surface area contributed by atoms with Crippen molar-refractivity contribution < 1.29 is 14.3 Å². The Balaban J connectivity index is 2.02. The number of benzene rings is 1. The quantitative estimate of drug-likeness (QED) is 0.816. The predicted molar refractivity (Wildman–Crippen MR) is 79.4 cm³/mol. The van der Waals surface area contributed by atoms with E-state index in [1.165, 1.54) is 7.11 Å². The van der Waals surface area contributed by atoms with Gasteiger partial charge in [0.15, 0.2) is 0 Å². The van der Waals surface area contributed by atoms with E-state index in [9.17, 15) is 4.79 Å². The average Bonchev–Trinajstić information content (AvgIpc) is 2.52. The van der Waals surface area contributed by atoms with Gasteiger partial charge in [-0.1, -0.05) is 0 Å². The molecule has 21 heavy (non-hydrogen) atoms. The third-order valence-electron chi connectivity index (χ3n) is 2.95. The van der Waals surface area contributed by atoms with Gasteiger partial charge in [0.2, 0.25) is 5.88 Å². The number of carbonyl (C=O) groups excluding carboxylic acids is 1. The maximum atomic E-state index is 12.1. The van der Waals surface area contributed by atoms with Crippen LogP contribution in [0.3, 0.4) is 0 Å². The van der Waals surface area contributed by atoms with Crippen LogP contribution in [0, 0.1) is 0 Å². The number of carbonyl (C=O) groups is 1. The number of aromatic nitrogens is 1. The minimum absolute atomic E-state index is 0.208. The highest BCUT2D eigenvalue weighted by Crippen LogP contribution is 2.21. The molecule has 2 rings (SSSR count). The first-order valence-electron chi connectivity index (χ1n) is 6.34. The summed E-state index contributed by atoms with van der Waals surface area (Å²) in [7, 11) is 3.08. The fourth-order valence-electron chi connectivity index (χ4n) is 1.83. The lowest BCUT2D eigenvalue weighted by Crippen LogP contribution is -2.23. The van der Waals surface area contributed by atoms with Crippen molar-refractivity contribution in [3.05, 3.63) is 47.7 Å². The number of amides is 1. The zero-order valence-electron chi connectivity index (χ0n) is 11.9. The van der Waals surface area contributed by atoms with Crippen molar-refractivity contribution in [3.8, 4) is 11.6 Å². The summed E-state index contributed by atoms with van der Waals surface area (Å²) < 4.78 is 10.1. The Labute approximate surface area is 122 Å². The van der Waals surface area contributed by atoms with Crippen molar-refractivity contribution in [3.63, 3.8) is 0 Å². The highest BCUT2D eigenvalue weighted by atomic mass is 16.5. The summed E-state index contributed by atoms with van der Waals surface area (Å²) in [6.45, 7) is 0.379. The van der Waals surface area contributed by atoms with Crippen LogP contribution >= 0.6 is 0 Å². The smallest absolute Gasteiger partial charge is 0.251 e. The molecule has 1 amide bonds. The van der Waals surface area contributed by atoms with E-state index in [-0.39, 0.29) is 5.91 Å². The number of nitrogen functional groups attached to an aromatic ring is 1. The molecular formula is C15H17N3O3. The van der Waals surface area contributed by atoms with Crippen LogP contribution in [0.5, 0.6) is 11.6 Å². The lowest BCUT2D eigenvalue weighted by molar-refractivity contribution is 0.0951. The molecule has 0 aliphatic rings. The zero-order valence-corrected chi connectivity index (χ0v) is 11.9. The molecule has 2 aromatic rings. The molecule has 0 bridgehead atoms. The summed E-state index contributed by atoms with van der Waals surface area (Å²) in [6.07, 6.45) is 1.63. The number of hydrogen-bond donors (Lipinski definition) is 2. The van der Waals surface area contributed by atoms with E-state index in [2.05, 4.69) is 10.3 Å². The molecule has 110 valence electrons. The van der Waals surface area contributed by atoms with Gasteiger partial charge in [-0.2, -0.15) is 0 Å². The normalized spacial score (nSPS) is 10.0. The minimum atomic E-state index is -0.208. The number of nitrogens with one attached hydrogen (secondary N) is 1. The van der Waals surface area contributed by atoms with Crippen molar-refractivity contribution in [1.82, 2.24) is 10.3 Å². The summed E-state index contributed by atoms with van der Waals surface area (Å²) in [5.41, 5.74) is 7.59. The molecule has 0 unspecified atom stereocenters. The van der Waals surface area contributed by atoms with Crippen LogP contribution in [0.2, 0.25) is 0 Å². The van der Waals surface area contributed by atoms with Crippen molar-refractivity contribution in [2.24, 2.45) is 0 Å². The summed E-state index contributed by atoms with van der Waals surface area (Å²) >= 11 is 0. The molecule has 1 aromatic carbocycles. The number of ether oxygens (including phenoxy) is 2. The Morgan fingerprint density at radius 1 is 1.24 bits per heavy atom. The van der Waals surface area contributed by atoms with Crippen molar-refractivity contribution in [2.75, 3.05) is 20.0 Å². The Morgan fingerprint density at radius 2 is 2.05 bits per heavy atom. The summed E-state index contributed by atoms with van der Waals surface area (Å²) in [6, 6.07) is 8.49. The molecule has 0 atom stereocenters. The van der Waals surface area contributed by atoms with Gasteiger partial charge in [0.25, 0.3) is 5.91 Å². The summed E-state index contributed by atoms with van der Waals surface area (Å²) in [5.74, 6) is 0.848.